The summed E-state index contributed by atoms with van der Waals surface area (Å²) in [7, 11) is 0. The highest BCUT2D eigenvalue weighted by Gasteiger charge is 2.27. The number of hydrogen-bond acceptors (Lipinski definition) is 23. The number of carboxylic acids is 1. The van der Waals surface area contributed by atoms with Gasteiger partial charge in [-0.25, -0.2) is 44.7 Å². The number of aliphatic carboxylic acids is 1. The van der Waals surface area contributed by atoms with Gasteiger partial charge in [0.15, 0.2) is 0 Å². The molecule has 0 bridgehead atoms. The second-order valence-electron chi connectivity index (χ2n) is 16.6. The fourth-order valence-corrected chi connectivity index (χ4v) is 10.5. The SMILES string of the molecule is Cc1sc2c(-c3cnc(N)nc3)nc(N3CCOCC3)nc2c1CN1CCN(C(=O)CO)CC1.Cc1sc2c(-c3cnc(N)nc3)nc(N3CCOCC3)nc2c1CN1CCNCC1.O=C(O)CO. The molecule has 25 heteroatoms. The molecule has 69 heavy (non-hydrogen) atoms. The summed E-state index contributed by atoms with van der Waals surface area (Å²) >= 11 is 3.43. The van der Waals surface area contributed by atoms with Gasteiger partial charge in [0.25, 0.3) is 0 Å². The Morgan fingerprint density at radius 1 is 0.623 bits per heavy atom. The number of hydrogen-bond donors (Lipinski definition) is 6. The number of carboxylic acid groups (broad SMARTS) is 1. The van der Waals surface area contributed by atoms with Crippen molar-refractivity contribution >= 4 is 78.8 Å². The van der Waals surface area contributed by atoms with E-state index in [4.69, 9.17) is 61.0 Å². The lowest BCUT2D eigenvalue weighted by Gasteiger charge is -2.34. The van der Waals surface area contributed by atoms with E-state index in [2.05, 4.69) is 58.7 Å². The van der Waals surface area contributed by atoms with Crippen LogP contribution < -0.4 is 26.6 Å². The third-order valence-corrected chi connectivity index (χ3v) is 14.4. The van der Waals surface area contributed by atoms with Gasteiger partial charge in [-0.15, -0.1) is 22.7 Å². The normalized spacial score (nSPS) is 17.1. The molecule has 10 rings (SSSR count). The van der Waals surface area contributed by atoms with Crippen molar-refractivity contribution in [3.8, 4) is 22.5 Å². The Bertz CT molecular complexity index is 2680. The molecule has 0 aliphatic carbocycles. The summed E-state index contributed by atoms with van der Waals surface area (Å²) in [5.41, 5.74) is 19.2. The molecule has 1 amide bonds. The van der Waals surface area contributed by atoms with Gasteiger partial charge >= 0.3 is 5.97 Å². The number of thiophene rings is 2. The number of aliphatic hydroxyl groups excluding tert-OH is 2. The summed E-state index contributed by atoms with van der Waals surface area (Å²) in [4.78, 5) is 71.0. The number of nitrogens with one attached hydrogen (secondary N) is 1. The zero-order chi connectivity index (χ0) is 48.4. The zero-order valence-electron chi connectivity index (χ0n) is 38.7. The van der Waals surface area contributed by atoms with Crippen LogP contribution in [0.4, 0.5) is 23.8 Å². The van der Waals surface area contributed by atoms with Crippen molar-refractivity contribution in [3.05, 3.63) is 45.7 Å². The molecular formula is C44H58N16O7S2. The molecule has 6 aromatic rings. The van der Waals surface area contributed by atoms with E-state index in [1.165, 1.54) is 20.9 Å². The van der Waals surface area contributed by atoms with Gasteiger partial charge in [0.05, 0.1) is 58.2 Å². The summed E-state index contributed by atoms with van der Waals surface area (Å²) in [6.45, 7) is 17.4. The van der Waals surface area contributed by atoms with E-state index in [0.29, 0.717) is 45.5 Å². The Morgan fingerprint density at radius 3 is 1.42 bits per heavy atom. The molecule has 0 saturated carbocycles. The molecular weight excluding hydrogens is 929 g/mol. The van der Waals surface area contributed by atoms with Crippen LogP contribution in [-0.4, -0.2) is 200 Å². The summed E-state index contributed by atoms with van der Waals surface area (Å²) < 4.78 is 13.1. The lowest BCUT2D eigenvalue weighted by molar-refractivity contribution is -0.140. The lowest BCUT2D eigenvalue weighted by atomic mass is 10.1. The average molecular weight is 987 g/mol. The number of ether oxygens (including phenoxy) is 2. The maximum atomic E-state index is 11.8. The number of nitrogen functional groups attached to an aromatic ring is 2. The third-order valence-electron chi connectivity index (χ3n) is 12.1. The van der Waals surface area contributed by atoms with Crippen LogP contribution in [-0.2, 0) is 32.2 Å². The predicted octanol–water partition coefficient (Wildman–Crippen LogP) is 0.856. The van der Waals surface area contributed by atoms with Gasteiger partial charge in [0.1, 0.15) is 13.2 Å². The summed E-state index contributed by atoms with van der Waals surface area (Å²) in [5.74, 6) is 0.514. The Hall–Kier alpha value is -5.90. The van der Waals surface area contributed by atoms with Gasteiger partial charge < -0.3 is 56.3 Å². The topological polar surface area (TPSA) is 297 Å². The Kier molecular flexibility index (Phi) is 16.6. The monoisotopic (exact) mass is 986 g/mol. The number of aliphatic hydroxyl groups is 2. The number of amides is 1. The molecule has 4 aliphatic rings. The minimum absolute atomic E-state index is 0.213. The van der Waals surface area contributed by atoms with Crippen molar-refractivity contribution in [1.82, 2.24) is 59.9 Å². The number of rotatable bonds is 10. The van der Waals surface area contributed by atoms with Crippen molar-refractivity contribution in [1.29, 1.82) is 0 Å². The molecule has 4 aliphatic heterocycles. The maximum absolute atomic E-state index is 11.8. The fraction of sp³-hybridized carbons (Fsp3) is 0.500. The highest BCUT2D eigenvalue weighted by atomic mass is 32.1. The molecule has 4 saturated heterocycles. The highest BCUT2D eigenvalue weighted by Crippen LogP contribution is 2.39. The lowest BCUT2D eigenvalue weighted by Crippen LogP contribution is -2.49. The number of fused-ring (bicyclic) bond motifs is 2. The van der Waals surface area contributed by atoms with E-state index in [9.17, 15) is 4.79 Å². The molecule has 0 atom stereocenters. The van der Waals surface area contributed by atoms with E-state index in [0.717, 1.165) is 127 Å². The Labute approximate surface area is 406 Å². The van der Waals surface area contributed by atoms with Crippen molar-refractivity contribution < 1.29 is 34.4 Å². The first-order chi connectivity index (χ1) is 33.5. The number of nitrogens with zero attached hydrogens (tertiary/aromatic N) is 13. The van der Waals surface area contributed by atoms with E-state index in [-0.39, 0.29) is 17.8 Å². The molecule has 0 aromatic carbocycles. The highest BCUT2D eigenvalue weighted by molar-refractivity contribution is 7.20. The molecule has 23 nitrogen and oxygen atoms in total. The van der Waals surface area contributed by atoms with Gasteiger partial charge in [0.2, 0.25) is 29.7 Å². The van der Waals surface area contributed by atoms with Gasteiger partial charge in [0, 0.05) is 148 Å². The molecule has 8 N–H and O–H groups in total. The summed E-state index contributed by atoms with van der Waals surface area (Å²) in [6, 6.07) is 0. The van der Waals surface area contributed by atoms with Crippen LogP contribution in [0.5, 0.6) is 0 Å². The second-order valence-corrected chi connectivity index (χ2v) is 19.1. The van der Waals surface area contributed by atoms with Crippen molar-refractivity contribution in [3.63, 3.8) is 0 Å². The Morgan fingerprint density at radius 2 is 1.03 bits per heavy atom. The number of morpholine rings is 2. The summed E-state index contributed by atoms with van der Waals surface area (Å²) in [6.07, 6.45) is 6.91. The molecule has 0 radical (unpaired) electrons. The molecule has 4 fully saturated rings. The van der Waals surface area contributed by atoms with Crippen LogP contribution in [0, 0.1) is 13.8 Å². The number of carbonyl (C=O) groups is 2. The second kappa shape index (κ2) is 23.1. The van der Waals surface area contributed by atoms with Crippen LogP contribution >= 0.6 is 22.7 Å². The third kappa shape index (κ3) is 12.1. The molecule has 0 unspecified atom stereocenters. The van der Waals surface area contributed by atoms with E-state index < -0.39 is 19.2 Å². The zero-order valence-corrected chi connectivity index (χ0v) is 40.3. The number of anilines is 4. The van der Waals surface area contributed by atoms with Crippen LogP contribution in [0.1, 0.15) is 20.9 Å². The van der Waals surface area contributed by atoms with Crippen LogP contribution in [0.2, 0.25) is 0 Å². The van der Waals surface area contributed by atoms with E-state index >= 15 is 0 Å². The fourth-order valence-electron chi connectivity index (χ4n) is 8.31. The number of carbonyl (C=O) groups excluding carboxylic acids is 1. The number of piperazine rings is 2. The number of nitrogens with two attached hydrogens (primary N) is 2. The molecule has 368 valence electrons. The largest absolute Gasteiger partial charge is 0.480 e. The summed E-state index contributed by atoms with van der Waals surface area (Å²) in [5, 5.41) is 27.6. The van der Waals surface area contributed by atoms with Crippen molar-refractivity contribution in [2.75, 3.05) is 139 Å². The quantitative estimate of drug-likeness (QED) is 0.111. The van der Waals surface area contributed by atoms with Crippen molar-refractivity contribution in [2.45, 2.75) is 26.9 Å². The molecule has 0 spiro atoms. The van der Waals surface area contributed by atoms with Crippen LogP contribution in [0.3, 0.4) is 0 Å². The first-order valence-corrected chi connectivity index (χ1v) is 24.4. The first kappa shape index (κ1) is 49.5. The van der Waals surface area contributed by atoms with Gasteiger partial charge in [-0.2, -0.15) is 0 Å². The van der Waals surface area contributed by atoms with E-state index in [1.54, 1.807) is 52.4 Å². The average Bonchev–Trinajstić information content (AvgIpc) is 3.88. The minimum atomic E-state index is -1.19. The van der Waals surface area contributed by atoms with Gasteiger partial charge in [-0.3, -0.25) is 14.6 Å². The predicted molar refractivity (Wildman–Crippen MR) is 263 cm³/mol. The standard InChI is InChI=1S/C22H28N8O3S.C20H26N8OS.C2H4O3/c1-14-16(12-28-2-4-29(5-3-28)17(32)13-31)19-20(34-14)18(15-10-24-21(23)25-11-15)26-22(27-19)30-6-8-33-9-7-30;1-13-15(12-27-4-2-22-3-5-27)17-18(30-13)16(14-10-23-19(21)24-11-14)25-20(26-17)28-6-8-29-9-7-28;3-1-2(4)5/h10-11,31H,2-9,12-13H2,1H3,(H2,23,24,25);10-11,22H,2-9,12H2,1H3,(H2,21,23,24);3H,1H2,(H,4,5). The van der Waals surface area contributed by atoms with Gasteiger partial charge in [-0.1, -0.05) is 0 Å². The van der Waals surface area contributed by atoms with Crippen LogP contribution in [0.25, 0.3) is 42.9 Å². The maximum Gasteiger partial charge on any atom is 0.329 e. The van der Waals surface area contributed by atoms with E-state index in [1.807, 2.05) is 0 Å². The van der Waals surface area contributed by atoms with Crippen LogP contribution in [0.15, 0.2) is 24.8 Å². The number of aromatic nitrogens is 8. The smallest absolute Gasteiger partial charge is 0.329 e. The molecule has 10 heterocycles. The Balaban J connectivity index is 0.000000171. The first-order valence-electron chi connectivity index (χ1n) is 22.8. The van der Waals surface area contributed by atoms with Gasteiger partial charge in [-0.05, 0) is 13.8 Å². The minimum Gasteiger partial charge on any atom is -0.480 e. The number of aryl methyl sites for hydroxylation is 2. The van der Waals surface area contributed by atoms with Crippen molar-refractivity contribution in [2.24, 2.45) is 0 Å². The molecule has 6 aromatic heterocycles.